The van der Waals surface area contributed by atoms with E-state index in [1.165, 1.54) is 11.3 Å². The predicted octanol–water partition coefficient (Wildman–Crippen LogP) is 3.22. The van der Waals surface area contributed by atoms with E-state index in [1.807, 2.05) is 46.3 Å². The number of aliphatic hydroxyl groups is 1. The number of thiocarbonyl (C=S) groups is 1. The third-order valence-corrected chi connectivity index (χ3v) is 3.70. The largest absolute Gasteiger partial charge is 0.497 e. The van der Waals surface area contributed by atoms with E-state index in [1.54, 1.807) is 0 Å². The first-order valence-electron chi connectivity index (χ1n) is 5.47. The second-order valence-electron chi connectivity index (χ2n) is 3.93. The van der Waals surface area contributed by atoms with Crippen LogP contribution in [0.3, 0.4) is 0 Å². The van der Waals surface area contributed by atoms with Crippen molar-refractivity contribution in [1.82, 2.24) is 9.38 Å². The number of hydrogen-bond donors (Lipinski definition) is 1. The van der Waals surface area contributed by atoms with Crippen LogP contribution in [0.25, 0.3) is 4.96 Å². The first-order chi connectivity index (χ1) is 8.75. The Morgan fingerprint density at radius 3 is 2.83 bits per heavy atom. The fourth-order valence-corrected chi connectivity index (χ4v) is 2.92. The molecular weight excluding hydrogens is 264 g/mol. The number of hydrogen-bond acceptors (Lipinski definition) is 3. The summed E-state index contributed by atoms with van der Waals surface area (Å²) < 4.78 is 1.84. The smallest absolute Gasteiger partial charge is 0.208 e. The Labute approximate surface area is 113 Å². The van der Waals surface area contributed by atoms with Crippen LogP contribution in [-0.4, -0.2) is 19.5 Å². The van der Waals surface area contributed by atoms with Crippen LogP contribution in [0.4, 0.5) is 0 Å². The minimum Gasteiger partial charge on any atom is -0.497 e. The van der Waals surface area contributed by atoms with Crippen LogP contribution in [0.15, 0.2) is 41.9 Å². The first-order valence-corrected chi connectivity index (χ1v) is 6.76. The van der Waals surface area contributed by atoms with Crippen LogP contribution < -0.4 is 0 Å². The van der Waals surface area contributed by atoms with E-state index in [-0.39, 0.29) is 5.05 Å². The van der Waals surface area contributed by atoms with Gasteiger partial charge in [0.1, 0.15) is 5.69 Å². The van der Waals surface area contributed by atoms with Crippen LogP contribution in [0.1, 0.15) is 17.0 Å². The van der Waals surface area contributed by atoms with Gasteiger partial charge in [-0.1, -0.05) is 30.3 Å². The third-order valence-electron chi connectivity index (χ3n) is 2.75. The number of thiazole rings is 1. The van der Waals surface area contributed by atoms with Crippen molar-refractivity contribution in [3.05, 3.63) is 58.9 Å². The summed E-state index contributed by atoms with van der Waals surface area (Å²) in [5, 5.41) is 11.5. The maximum atomic E-state index is 9.66. The molecule has 18 heavy (non-hydrogen) atoms. The third kappa shape index (κ3) is 1.91. The molecule has 90 valence electrons. The molecule has 3 aromatic rings. The van der Waals surface area contributed by atoms with Crippen LogP contribution in [-0.2, 0) is 6.42 Å². The molecule has 0 radical (unpaired) electrons. The van der Waals surface area contributed by atoms with Crippen molar-refractivity contribution in [1.29, 1.82) is 0 Å². The van der Waals surface area contributed by atoms with Gasteiger partial charge in [-0.3, -0.25) is 4.40 Å². The Balaban J connectivity index is 2.08. The van der Waals surface area contributed by atoms with E-state index in [4.69, 9.17) is 12.2 Å². The zero-order chi connectivity index (χ0) is 12.5. The molecule has 5 heteroatoms. The van der Waals surface area contributed by atoms with Gasteiger partial charge in [0.15, 0.2) is 4.96 Å². The Hall–Kier alpha value is -1.72. The van der Waals surface area contributed by atoms with Gasteiger partial charge in [0.05, 0.1) is 5.69 Å². The molecule has 0 saturated heterocycles. The minimum atomic E-state index is -0.105. The number of aliphatic hydroxyl groups excluding tert-OH is 1. The summed E-state index contributed by atoms with van der Waals surface area (Å²) in [6.07, 6.45) is 2.55. The van der Waals surface area contributed by atoms with E-state index in [9.17, 15) is 5.11 Å². The van der Waals surface area contributed by atoms with Crippen molar-refractivity contribution in [2.45, 2.75) is 6.42 Å². The highest BCUT2D eigenvalue weighted by Crippen LogP contribution is 2.20. The number of imidazole rings is 1. The average molecular weight is 274 g/mol. The lowest BCUT2D eigenvalue weighted by Crippen LogP contribution is -2.04. The number of aromatic nitrogens is 2. The molecule has 3 rings (SSSR count). The quantitative estimate of drug-likeness (QED) is 0.745. The molecule has 0 saturated carbocycles. The van der Waals surface area contributed by atoms with Gasteiger partial charge in [0.25, 0.3) is 0 Å². The second-order valence-corrected chi connectivity index (χ2v) is 5.19. The Bertz CT molecular complexity index is 700. The van der Waals surface area contributed by atoms with Crippen molar-refractivity contribution >= 4 is 33.6 Å². The predicted molar refractivity (Wildman–Crippen MR) is 76.6 cm³/mol. The molecule has 0 unspecified atom stereocenters. The van der Waals surface area contributed by atoms with Crippen molar-refractivity contribution in [2.24, 2.45) is 0 Å². The fraction of sp³-hybridized carbons (Fsp3) is 0.0769. The number of rotatable bonds is 3. The molecule has 0 aliphatic carbocycles. The highest BCUT2D eigenvalue weighted by Gasteiger charge is 2.16. The summed E-state index contributed by atoms with van der Waals surface area (Å²) >= 11 is 6.44. The molecule has 2 aromatic heterocycles. The molecule has 0 aliphatic heterocycles. The molecule has 0 bridgehead atoms. The number of fused-ring (bicyclic) bond motifs is 1. The van der Waals surface area contributed by atoms with E-state index < -0.39 is 0 Å². The summed E-state index contributed by atoms with van der Waals surface area (Å²) in [5.74, 6) is 0. The zero-order valence-corrected chi connectivity index (χ0v) is 11.0. The van der Waals surface area contributed by atoms with Crippen LogP contribution in [0.2, 0.25) is 0 Å². The molecular formula is C13H10N2OS2. The van der Waals surface area contributed by atoms with Crippen molar-refractivity contribution < 1.29 is 5.11 Å². The maximum Gasteiger partial charge on any atom is 0.208 e. The van der Waals surface area contributed by atoms with Crippen molar-refractivity contribution in [2.75, 3.05) is 0 Å². The molecule has 0 spiro atoms. The van der Waals surface area contributed by atoms with Gasteiger partial charge >= 0.3 is 0 Å². The van der Waals surface area contributed by atoms with Gasteiger partial charge in [0, 0.05) is 18.0 Å². The SMILES string of the molecule is OC(=S)c1c(Cc2ccccc2)nc2sccn12. The molecule has 1 N–H and O–H groups in total. The maximum absolute atomic E-state index is 9.66. The second kappa shape index (κ2) is 4.51. The van der Waals surface area contributed by atoms with E-state index in [0.29, 0.717) is 12.1 Å². The summed E-state index contributed by atoms with van der Waals surface area (Å²) in [6, 6.07) is 10.0. The lowest BCUT2D eigenvalue weighted by Gasteiger charge is -2.01. The van der Waals surface area contributed by atoms with Crippen LogP contribution in [0, 0.1) is 0 Å². The monoisotopic (exact) mass is 274 g/mol. The first kappa shape index (κ1) is 11.4. The zero-order valence-electron chi connectivity index (χ0n) is 9.41. The molecule has 1 aromatic carbocycles. The Morgan fingerprint density at radius 1 is 1.33 bits per heavy atom. The van der Waals surface area contributed by atoms with Gasteiger partial charge in [-0.05, 0) is 17.8 Å². The van der Waals surface area contributed by atoms with E-state index >= 15 is 0 Å². The summed E-state index contributed by atoms with van der Waals surface area (Å²) in [4.78, 5) is 5.38. The molecule has 3 nitrogen and oxygen atoms in total. The van der Waals surface area contributed by atoms with Crippen molar-refractivity contribution in [3.8, 4) is 0 Å². The van der Waals surface area contributed by atoms with Gasteiger partial charge < -0.3 is 5.11 Å². The van der Waals surface area contributed by atoms with Gasteiger partial charge in [-0.15, -0.1) is 11.3 Å². The average Bonchev–Trinajstić information content (AvgIpc) is 2.89. The fourth-order valence-electron chi connectivity index (χ4n) is 1.97. The highest BCUT2D eigenvalue weighted by molar-refractivity contribution is 7.80. The lowest BCUT2D eigenvalue weighted by atomic mass is 10.1. The Kier molecular flexibility index (Phi) is 2.85. The van der Waals surface area contributed by atoms with E-state index in [2.05, 4.69) is 4.98 Å². The number of benzene rings is 1. The standard InChI is InChI=1S/C13H10N2OS2/c16-12(17)11-10(8-9-4-2-1-3-5-9)14-13-15(11)6-7-18-13/h1-7H,8H2,(H,16,17). The molecule has 0 atom stereocenters. The van der Waals surface area contributed by atoms with Gasteiger partial charge in [0.2, 0.25) is 5.05 Å². The normalized spacial score (nSPS) is 10.9. The van der Waals surface area contributed by atoms with Crippen molar-refractivity contribution in [3.63, 3.8) is 0 Å². The molecule has 0 fully saturated rings. The van der Waals surface area contributed by atoms with Gasteiger partial charge in [-0.25, -0.2) is 4.98 Å². The highest BCUT2D eigenvalue weighted by atomic mass is 32.1. The Morgan fingerprint density at radius 2 is 2.11 bits per heavy atom. The van der Waals surface area contributed by atoms with Crippen LogP contribution in [0.5, 0.6) is 0 Å². The summed E-state index contributed by atoms with van der Waals surface area (Å²) in [6.45, 7) is 0. The minimum absolute atomic E-state index is 0.105. The topological polar surface area (TPSA) is 37.5 Å². The van der Waals surface area contributed by atoms with Gasteiger partial charge in [-0.2, -0.15) is 0 Å². The number of nitrogens with zero attached hydrogens (tertiary/aromatic N) is 2. The molecule has 2 heterocycles. The summed E-state index contributed by atoms with van der Waals surface area (Å²) in [7, 11) is 0. The molecule has 0 aliphatic rings. The van der Waals surface area contributed by atoms with E-state index in [0.717, 1.165) is 16.2 Å². The summed E-state index contributed by atoms with van der Waals surface area (Å²) in [5.41, 5.74) is 2.60. The molecule has 0 amide bonds. The van der Waals surface area contributed by atoms with Crippen LogP contribution >= 0.6 is 23.6 Å². The lowest BCUT2D eigenvalue weighted by molar-refractivity contribution is 0.567.